The Balaban J connectivity index is 2.06. The fourth-order valence-electron chi connectivity index (χ4n) is 2.08. The summed E-state index contributed by atoms with van der Waals surface area (Å²) < 4.78 is 40.4. The van der Waals surface area contributed by atoms with Gasteiger partial charge < -0.3 is 10.1 Å². The zero-order valence-corrected chi connectivity index (χ0v) is 11.5. The summed E-state index contributed by atoms with van der Waals surface area (Å²) in [5, 5.41) is 3.53. The number of hydrogen-bond acceptors (Lipinski definition) is 3. The van der Waals surface area contributed by atoms with Gasteiger partial charge in [-0.15, -0.1) is 0 Å². The van der Waals surface area contributed by atoms with Gasteiger partial charge >= 0.3 is 6.61 Å². The molecule has 1 N–H and O–H groups in total. The van der Waals surface area contributed by atoms with Crippen LogP contribution in [0.3, 0.4) is 0 Å². The SMILES string of the molecule is CC1CCNC(c2ccc(OC(F)F)cc2)CS1=O. The lowest BCUT2D eigenvalue weighted by atomic mass is 10.1. The minimum Gasteiger partial charge on any atom is -0.435 e. The summed E-state index contributed by atoms with van der Waals surface area (Å²) in [5.74, 6) is 0.692. The number of rotatable bonds is 3. The van der Waals surface area contributed by atoms with Crippen molar-refractivity contribution in [3.8, 4) is 5.75 Å². The van der Waals surface area contributed by atoms with Crippen molar-refractivity contribution < 1.29 is 17.7 Å². The third-order valence-corrected chi connectivity index (χ3v) is 5.02. The summed E-state index contributed by atoms with van der Waals surface area (Å²) >= 11 is 0. The summed E-state index contributed by atoms with van der Waals surface area (Å²) in [6.45, 7) is -0.0118. The smallest absolute Gasteiger partial charge is 0.387 e. The molecule has 0 aliphatic carbocycles. The normalized spacial score (nSPS) is 28.1. The maximum Gasteiger partial charge on any atom is 0.387 e. The van der Waals surface area contributed by atoms with Crippen molar-refractivity contribution in [3.05, 3.63) is 29.8 Å². The van der Waals surface area contributed by atoms with Gasteiger partial charge in [0.15, 0.2) is 0 Å². The predicted octanol–water partition coefficient (Wildman–Crippen LogP) is 2.46. The second kappa shape index (κ2) is 6.43. The highest BCUT2D eigenvalue weighted by Gasteiger charge is 2.22. The molecule has 1 aliphatic rings. The van der Waals surface area contributed by atoms with Crippen LogP contribution >= 0.6 is 0 Å². The number of nitrogens with one attached hydrogen (secondary N) is 1. The summed E-state index contributed by atoms with van der Waals surface area (Å²) in [6.07, 6.45) is 0.885. The maximum absolute atomic E-state index is 12.0. The molecule has 1 aliphatic heterocycles. The van der Waals surface area contributed by atoms with Crippen LogP contribution < -0.4 is 10.1 Å². The van der Waals surface area contributed by atoms with E-state index in [1.807, 2.05) is 6.92 Å². The van der Waals surface area contributed by atoms with Gasteiger partial charge in [-0.25, -0.2) is 0 Å². The van der Waals surface area contributed by atoms with E-state index in [0.29, 0.717) is 5.75 Å². The molecular formula is C13H17F2NO2S. The Bertz CT molecular complexity index is 439. The average molecular weight is 289 g/mol. The Morgan fingerprint density at radius 2 is 2.05 bits per heavy atom. The summed E-state index contributed by atoms with van der Waals surface area (Å²) in [6, 6.07) is 6.51. The minimum atomic E-state index is -2.81. The van der Waals surface area contributed by atoms with Crippen LogP contribution in [0.4, 0.5) is 8.78 Å². The topological polar surface area (TPSA) is 38.3 Å². The van der Waals surface area contributed by atoms with Gasteiger partial charge in [-0.05, 0) is 30.7 Å². The lowest BCUT2D eigenvalue weighted by Gasteiger charge is -2.16. The van der Waals surface area contributed by atoms with E-state index in [2.05, 4.69) is 10.1 Å². The van der Waals surface area contributed by atoms with Gasteiger partial charge in [0.05, 0.1) is 0 Å². The molecule has 106 valence electrons. The summed E-state index contributed by atoms with van der Waals surface area (Å²) in [5.41, 5.74) is 0.948. The molecule has 0 radical (unpaired) electrons. The third-order valence-electron chi connectivity index (χ3n) is 3.23. The van der Waals surface area contributed by atoms with Gasteiger partial charge in [-0.2, -0.15) is 8.78 Å². The first kappa shape index (κ1) is 14.4. The van der Waals surface area contributed by atoms with E-state index in [-0.39, 0.29) is 17.0 Å². The Morgan fingerprint density at radius 3 is 2.68 bits per heavy atom. The van der Waals surface area contributed by atoms with Crippen molar-refractivity contribution in [1.29, 1.82) is 0 Å². The van der Waals surface area contributed by atoms with Crippen molar-refractivity contribution >= 4 is 10.8 Å². The zero-order valence-electron chi connectivity index (χ0n) is 10.6. The van der Waals surface area contributed by atoms with Crippen LogP contribution in [-0.2, 0) is 10.8 Å². The van der Waals surface area contributed by atoms with Gasteiger partial charge in [0.25, 0.3) is 0 Å². The lowest BCUT2D eigenvalue weighted by molar-refractivity contribution is -0.0498. The van der Waals surface area contributed by atoms with Gasteiger partial charge in [0, 0.05) is 27.8 Å². The van der Waals surface area contributed by atoms with E-state index < -0.39 is 17.4 Å². The van der Waals surface area contributed by atoms with Crippen LogP contribution in [0.5, 0.6) is 5.75 Å². The van der Waals surface area contributed by atoms with Crippen LogP contribution in [0.15, 0.2) is 24.3 Å². The zero-order chi connectivity index (χ0) is 13.8. The van der Waals surface area contributed by atoms with E-state index in [0.717, 1.165) is 18.5 Å². The van der Waals surface area contributed by atoms with Crippen LogP contribution in [-0.4, -0.2) is 28.4 Å². The van der Waals surface area contributed by atoms with E-state index in [4.69, 9.17) is 0 Å². The number of benzene rings is 1. The second-order valence-corrected chi connectivity index (χ2v) is 6.50. The Morgan fingerprint density at radius 1 is 1.37 bits per heavy atom. The molecule has 0 saturated carbocycles. The molecule has 1 aromatic carbocycles. The third kappa shape index (κ3) is 3.98. The molecule has 3 nitrogen and oxygen atoms in total. The number of halogens is 2. The molecule has 3 unspecified atom stereocenters. The number of hydrogen-bond donors (Lipinski definition) is 1. The van der Waals surface area contributed by atoms with Gasteiger partial charge in [-0.1, -0.05) is 19.1 Å². The first-order valence-corrected chi connectivity index (χ1v) is 7.60. The monoisotopic (exact) mass is 289 g/mol. The molecule has 1 fully saturated rings. The first-order valence-electron chi connectivity index (χ1n) is 6.21. The Hall–Kier alpha value is -1.01. The predicted molar refractivity (Wildman–Crippen MR) is 70.9 cm³/mol. The van der Waals surface area contributed by atoms with E-state index in [1.54, 1.807) is 12.1 Å². The largest absolute Gasteiger partial charge is 0.435 e. The standard InChI is InChI=1S/C13H17F2NO2S/c1-9-6-7-16-12(8-19(9)17)10-2-4-11(5-3-10)18-13(14)15/h2-5,9,12-13,16H,6-8H2,1H3. The summed E-state index contributed by atoms with van der Waals surface area (Å²) in [7, 11) is -0.861. The molecule has 0 bridgehead atoms. The maximum atomic E-state index is 12.0. The molecule has 2 rings (SSSR count). The second-order valence-electron chi connectivity index (χ2n) is 4.60. The fourth-order valence-corrected chi connectivity index (χ4v) is 3.42. The fraction of sp³-hybridized carbons (Fsp3) is 0.538. The molecule has 1 aromatic rings. The van der Waals surface area contributed by atoms with Crippen LogP contribution in [0.2, 0.25) is 0 Å². The Labute approximate surface area is 113 Å². The molecule has 1 heterocycles. The highest BCUT2D eigenvalue weighted by Crippen LogP contribution is 2.22. The molecule has 0 spiro atoms. The van der Waals surface area contributed by atoms with Gasteiger partial charge in [0.2, 0.25) is 0 Å². The molecule has 0 aromatic heterocycles. The molecular weight excluding hydrogens is 272 g/mol. The van der Waals surface area contributed by atoms with E-state index >= 15 is 0 Å². The van der Waals surface area contributed by atoms with Crippen molar-refractivity contribution in [3.63, 3.8) is 0 Å². The Kier molecular flexibility index (Phi) is 4.87. The van der Waals surface area contributed by atoms with Crippen LogP contribution in [0.25, 0.3) is 0 Å². The van der Waals surface area contributed by atoms with E-state index in [1.165, 1.54) is 12.1 Å². The molecule has 6 heteroatoms. The first-order chi connectivity index (χ1) is 9.06. The van der Waals surface area contributed by atoms with Gasteiger partial charge in [0.1, 0.15) is 5.75 Å². The molecule has 3 atom stereocenters. The highest BCUT2D eigenvalue weighted by atomic mass is 32.2. The quantitative estimate of drug-likeness (QED) is 0.929. The average Bonchev–Trinajstić information content (AvgIpc) is 2.52. The number of ether oxygens (including phenoxy) is 1. The van der Waals surface area contributed by atoms with Crippen LogP contribution in [0, 0.1) is 0 Å². The molecule has 19 heavy (non-hydrogen) atoms. The van der Waals surface area contributed by atoms with Crippen molar-refractivity contribution in [2.24, 2.45) is 0 Å². The van der Waals surface area contributed by atoms with Crippen molar-refractivity contribution in [2.75, 3.05) is 12.3 Å². The summed E-state index contributed by atoms with van der Waals surface area (Å²) in [4.78, 5) is 0. The van der Waals surface area contributed by atoms with Crippen molar-refractivity contribution in [2.45, 2.75) is 31.2 Å². The van der Waals surface area contributed by atoms with Gasteiger partial charge in [-0.3, -0.25) is 4.21 Å². The minimum absolute atomic E-state index is 0.00591. The van der Waals surface area contributed by atoms with Crippen LogP contribution in [0.1, 0.15) is 24.9 Å². The number of alkyl halides is 2. The molecule has 1 saturated heterocycles. The molecule has 0 amide bonds. The lowest BCUT2D eigenvalue weighted by Crippen LogP contribution is -2.23. The van der Waals surface area contributed by atoms with Crippen molar-refractivity contribution in [1.82, 2.24) is 5.32 Å². The van der Waals surface area contributed by atoms with E-state index in [9.17, 15) is 13.0 Å². The highest BCUT2D eigenvalue weighted by molar-refractivity contribution is 7.85.